The van der Waals surface area contributed by atoms with Crippen molar-refractivity contribution in [1.29, 1.82) is 0 Å². The molecule has 0 bridgehead atoms. The topological polar surface area (TPSA) is 191 Å². The third-order valence-electron chi connectivity index (χ3n) is 27.5. The highest BCUT2D eigenvalue weighted by atomic mass is 16.3. The van der Waals surface area contributed by atoms with Gasteiger partial charge >= 0.3 is 0 Å². The highest BCUT2D eigenvalue weighted by Crippen LogP contribution is 2.43. The van der Waals surface area contributed by atoms with E-state index in [1.54, 1.807) is 0 Å². The molecule has 29 aromatic rings. The summed E-state index contributed by atoms with van der Waals surface area (Å²) in [4.78, 5) is 54.6. The Hall–Kier alpha value is -20.5. The molecule has 0 aliphatic rings. The van der Waals surface area contributed by atoms with Crippen molar-refractivity contribution >= 4 is 104 Å². The van der Waals surface area contributed by atoms with Crippen molar-refractivity contribution in [2.24, 2.45) is 0 Å². The maximum absolute atomic E-state index is 6.06. The van der Waals surface area contributed by atoms with Gasteiger partial charge < -0.3 is 17.7 Å². The Morgan fingerprint density at radius 1 is 0.174 bits per heavy atom. The van der Waals surface area contributed by atoms with Gasteiger partial charge in [0.1, 0.15) is 45.0 Å². The van der Waals surface area contributed by atoms with E-state index in [0.717, 1.165) is 200 Å². The zero-order valence-electron chi connectivity index (χ0n) is 80.0. The number of hydrogen-bond acceptors (Lipinski definition) is 14. The van der Waals surface area contributed by atoms with Crippen LogP contribution in [0.2, 0.25) is 0 Å². The van der Waals surface area contributed by atoms with Crippen molar-refractivity contribution in [1.82, 2.24) is 63.8 Å². The maximum Gasteiger partial charge on any atom is 0.164 e. The molecule has 698 valence electrons. The van der Waals surface area contributed by atoms with Crippen molar-refractivity contribution < 1.29 is 13.3 Å². The van der Waals surface area contributed by atoms with Crippen LogP contribution < -0.4 is 0 Å². The van der Waals surface area contributed by atoms with Crippen molar-refractivity contribution in [2.45, 2.75) is 0 Å². The van der Waals surface area contributed by atoms with Crippen LogP contribution in [0.15, 0.2) is 517 Å². The van der Waals surface area contributed by atoms with Crippen LogP contribution in [0, 0.1) is 0 Å². The van der Waals surface area contributed by atoms with Gasteiger partial charge in [0, 0.05) is 112 Å². The molecule has 9 heterocycles. The van der Waals surface area contributed by atoms with E-state index in [1.807, 2.05) is 223 Å². The zero-order valence-corrected chi connectivity index (χ0v) is 80.0. The van der Waals surface area contributed by atoms with Crippen molar-refractivity contribution in [3.05, 3.63) is 504 Å². The molecule has 0 N–H and O–H groups in total. The molecule has 16 nitrogen and oxygen atoms in total. The molecule has 0 aliphatic carbocycles. The van der Waals surface area contributed by atoms with Crippen LogP contribution in [-0.4, -0.2) is 63.8 Å². The second kappa shape index (κ2) is 37.7. The quantitative estimate of drug-likeness (QED) is 0.0830. The van der Waals surface area contributed by atoms with Gasteiger partial charge in [0.05, 0.1) is 16.7 Å². The third kappa shape index (κ3) is 17.0. The number of rotatable bonds is 16. The van der Waals surface area contributed by atoms with Gasteiger partial charge in [-0.1, -0.05) is 388 Å². The molecule has 0 radical (unpaired) electrons. The van der Waals surface area contributed by atoms with Gasteiger partial charge in [-0.2, -0.15) is 0 Å². The van der Waals surface area contributed by atoms with E-state index in [2.05, 4.69) is 290 Å². The SMILES string of the molecule is c1ccc(-c2nc(-c3ccc(-c4ccc5oc6ccccc6c5c4)cc3)nc(-c3ccc(-c4cn5ccccc5n4)cc3)n2)cc1.c1ccc(-c2nc(-c3ccc(-c4ccc5oc6ccccc6c5c4)cc3)nc(-c3ccc(-c4nc5ccccc5n4-c4ccccc4)cc3)n2)cc1.c1ccc(-c2nc(-c3ccc(-c4ccc5oc6ccccc6c5c4)cc3)nc(-c3cccc(-c4cc5ccccc5c5ccccc45)c3)n2)cc1. The summed E-state index contributed by atoms with van der Waals surface area (Å²) in [5.74, 6) is 6.48. The lowest BCUT2D eigenvalue weighted by atomic mass is 9.92. The molecule has 0 fully saturated rings. The summed E-state index contributed by atoms with van der Waals surface area (Å²) in [6.45, 7) is 0. The number of aromatic nitrogens is 13. The number of fused-ring (bicyclic) bond motifs is 14. The minimum Gasteiger partial charge on any atom is -0.456 e. The molecular weight excluding hydrogens is 1830 g/mol. The number of nitrogens with zero attached hydrogens (tertiary/aromatic N) is 13. The molecule has 0 amide bonds. The van der Waals surface area contributed by atoms with E-state index < -0.39 is 0 Å². The average Bonchev–Trinajstić information content (AvgIpc) is 1.71. The minimum absolute atomic E-state index is 0.605. The Kier molecular flexibility index (Phi) is 22.2. The summed E-state index contributed by atoms with van der Waals surface area (Å²) in [5.41, 5.74) is 29.6. The minimum atomic E-state index is 0.605. The van der Waals surface area contributed by atoms with Gasteiger partial charge in [-0.3, -0.25) is 4.57 Å². The van der Waals surface area contributed by atoms with Gasteiger partial charge in [0.15, 0.2) is 52.4 Å². The fraction of sp³-hybridized carbons (Fsp3) is 0. The fourth-order valence-corrected chi connectivity index (χ4v) is 20.0. The van der Waals surface area contributed by atoms with Crippen LogP contribution in [0.3, 0.4) is 0 Å². The summed E-state index contributed by atoms with van der Waals surface area (Å²) in [7, 11) is 0. The predicted molar refractivity (Wildman–Crippen MR) is 601 cm³/mol. The molecule has 0 saturated heterocycles. The smallest absolute Gasteiger partial charge is 0.164 e. The lowest BCUT2D eigenvalue weighted by molar-refractivity contribution is 0.668. The van der Waals surface area contributed by atoms with Gasteiger partial charge in [0.2, 0.25) is 0 Å². The summed E-state index contributed by atoms with van der Waals surface area (Å²) < 4.78 is 22.4. The zero-order chi connectivity index (χ0) is 98.6. The first-order chi connectivity index (χ1) is 73.7. The summed E-state index contributed by atoms with van der Waals surface area (Å²) in [6.07, 6.45) is 4.04. The molecule has 20 aromatic carbocycles. The van der Waals surface area contributed by atoms with E-state index in [0.29, 0.717) is 52.4 Å². The predicted octanol–water partition coefficient (Wildman–Crippen LogP) is 33.6. The maximum atomic E-state index is 6.06. The van der Waals surface area contributed by atoms with Gasteiger partial charge in [-0.25, -0.2) is 54.8 Å². The molecular formula is C133H83N13O3. The second-order valence-corrected chi connectivity index (χ2v) is 36.8. The molecule has 149 heavy (non-hydrogen) atoms. The van der Waals surface area contributed by atoms with E-state index in [9.17, 15) is 0 Å². The Balaban J connectivity index is 0.000000110. The Morgan fingerprint density at radius 3 is 0.926 bits per heavy atom. The summed E-state index contributed by atoms with van der Waals surface area (Å²) in [6, 6.07) is 168. The molecule has 0 aliphatic heterocycles. The Morgan fingerprint density at radius 2 is 0.490 bits per heavy atom. The normalized spacial score (nSPS) is 11.5. The van der Waals surface area contributed by atoms with Crippen molar-refractivity contribution in [3.63, 3.8) is 0 Å². The summed E-state index contributed by atoms with van der Waals surface area (Å²) in [5, 5.41) is 11.6. The van der Waals surface area contributed by atoms with Gasteiger partial charge in [0.25, 0.3) is 0 Å². The van der Waals surface area contributed by atoms with E-state index >= 15 is 0 Å². The molecule has 9 aromatic heterocycles. The molecule has 16 heteroatoms. The molecule has 0 saturated carbocycles. The lowest BCUT2D eigenvalue weighted by Crippen LogP contribution is -2.00. The van der Waals surface area contributed by atoms with Crippen LogP contribution in [0.5, 0.6) is 0 Å². The highest BCUT2D eigenvalue weighted by Gasteiger charge is 2.23. The number of pyridine rings is 1. The van der Waals surface area contributed by atoms with Crippen LogP contribution in [0.4, 0.5) is 0 Å². The van der Waals surface area contributed by atoms with E-state index in [1.165, 1.54) is 27.1 Å². The highest BCUT2D eigenvalue weighted by molar-refractivity contribution is 6.14. The standard InChI is InChI=1S/C47H29N3O.C46H29N5O.C40H25N5O/c1-2-11-31(12-3-1)45-48-46(32-23-21-30(22-24-32)33-25-26-44-42(28-33)40-19-8-9-20-43(40)51-44)50-47(49-45)36-15-10-14-34(27-36)41-29-35-13-4-5-16-37(35)38-17-6-7-18-39(38)41;1-3-11-31(12-4-1)43-48-44(32-21-19-30(20-22-32)35-27-28-42-38(29-35)37-15-7-10-18-41(37)52-42)50-45(49-43)33-23-25-34(26-24-33)46-47-39-16-8-9-17-40(39)51(46)36-13-5-2-6-14-36;1-2-8-28(9-3-1)38-42-39(44-40(43-38)30-19-15-27(16-20-30)34-25-45-23-7-6-12-37(45)41-34)29-17-13-26(14-18-29)31-21-22-36-33(24-31)32-10-4-5-11-35(32)46-36/h1-29H;1-29H;1-25H. The van der Waals surface area contributed by atoms with Crippen LogP contribution >= 0.6 is 0 Å². The third-order valence-corrected chi connectivity index (χ3v) is 27.5. The molecule has 0 unspecified atom stereocenters. The number of benzene rings is 20. The number of para-hydroxylation sites is 6. The Labute approximate surface area is 854 Å². The average molecular weight is 1910 g/mol. The number of furan rings is 3. The number of imidazole rings is 2. The van der Waals surface area contributed by atoms with Crippen LogP contribution in [0.1, 0.15) is 0 Å². The summed E-state index contributed by atoms with van der Waals surface area (Å²) >= 11 is 0. The van der Waals surface area contributed by atoms with E-state index in [4.69, 9.17) is 68.1 Å². The first-order valence-corrected chi connectivity index (χ1v) is 49.5. The molecule has 29 rings (SSSR count). The Bertz CT molecular complexity index is 10100. The van der Waals surface area contributed by atoms with Crippen molar-refractivity contribution in [2.75, 3.05) is 0 Å². The second-order valence-electron chi connectivity index (χ2n) is 36.8. The largest absolute Gasteiger partial charge is 0.456 e. The van der Waals surface area contributed by atoms with Crippen LogP contribution in [-0.2, 0) is 0 Å². The van der Waals surface area contributed by atoms with Crippen LogP contribution in [0.25, 0.3) is 279 Å². The van der Waals surface area contributed by atoms with Gasteiger partial charge in [-0.05, 0) is 169 Å². The van der Waals surface area contributed by atoms with E-state index in [-0.39, 0.29) is 0 Å². The lowest BCUT2D eigenvalue weighted by Gasteiger charge is -2.13. The van der Waals surface area contributed by atoms with Crippen molar-refractivity contribution in [3.8, 4) is 175 Å². The molecule has 0 atom stereocenters. The number of hydrogen-bond donors (Lipinski definition) is 0. The monoisotopic (exact) mass is 1910 g/mol. The first-order valence-electron chi connectivity index (χ1n) is 49.5. The van der Waals surface area contributed by atoms with Gasteiger partial charge in [-0.15, -0.1) is 0 Å². The molecule has 0 spiro atoms. The fourth-order valence-electron chi connectivity index (χ4n) is 20.0. The first kappa shape index (κ1) is 87.5.